The Kier molecular flexibility index (Phi) is 5.71. The van der Waals surface area contributed by atoms with E-state index < -0.39 is 16.2 Å². The van der Waals surface area contributed by atoms with Crippen LogP contribution in [0.25, 0.3) is 0 Å². The van der Waals surface area contributed by atoms with Gasteiger partial charge in [0.25, 0.3) is 10.1 Å². The van der Waals surface area contributed by atoms with E-state index in [1.54, 1.807) is 24.3 Å². The van der Waals surface area contributed by atoms with E-state index in [1.165, 1.54) is 0 Å². The summed E-state index contributed by atoms with van der Waals surface area (Å²) in [5.74, 6) is 0. The summed E-state index contributed by atoms with van der Waals surface area (Å²) < 4.78 is 35.2. The van der Waals surface area contributed by atoms with Gasteiger partial charge >= 0.3 is 0 Å². The lowest BCUT2D eigenvalue weighted by molar-refractivity contribution is 0.0283. The fourth-order valence-corrected chi connectivity index (χ4v) is 2.94. The topological polar surface area (TPSA) is 52.6 Å². The summed E-state index contributed by atoms with van der Waals surface area (Å²) >= 11 is 0. The summed E-state index contributed by atoms with van der Waals surface area (Å²) in [7, 11) is -3.78. The van der Waals surface area contributed by atoms with Gasteiger partial charge < -0.3 is 4.74 Å². The van der Waals surface area contributed by atoms with Crippen LogP contribution in [-0.2, 0) is 19.0 Å². The second-order valence-corrected chi connectivity index (χ2v) is 6.52. The molecule has 0 amide bonds. The molecule has 0 bridgehead atoms. The maximum Gasteiger partial charge on any atom is 0.297 e. The molecule has 0 aliphatic rings. The largest absolute Gasteiger partial charge is 0.371 e. The summed E-state index contributed by atoms with van der Waals surface area (Å²) in [6.45, 7) is 4.20. The van der Waals surface area contributed by atoms with E-state index in [1.807, 2.05) is 44.2 Å². The third kappa shape index (κ3) is 4.40. The normalized spacial score (nSPS) is 13.0. The van der Waals surface area contributed by atoms with Gasteiger partial charge in [-0.25, -0.2) is 0 Å². The predicted octanol–water partition coefficient (Wildman–Crippen LogP) is 3.48. The molecule has 0 aliphatic heterocycles. The van der Waals surface area contributed by atoms with Crippen LogP contribution in [0.2, 0.25) is 0 Å². The van der Waals surface area contributed by atoms with E-state index in [-0.39, 0.29) is 11.5 Å². The number of hydrogen-bond donors (Lipinski definition) is 0. The summed E-state index contributed by atoms with van der Waals surface area (Å²) in [6, 6.07) is 16.0. The highest BCUT2D eigenvalue weighted by Gasteiger charge is 2.19. The van der Waals surface area contributed by atoms with Crippen molar-refractivity contribution in [3.63, 3.8) is 0 Å². The summed E-state index contributed by atoms with van der Waals surface area (Å²) in [4.78, 5) is 0.154. The molecule has 0 fully saturated rings. The van der Waals surface area contributed by atoms with Gasteiger partial charge in [-0.15, -0.1) is 0 Å². The first kappa shape index (κ1) is 16.7. The fraction of sp³-hybridized carbons (Fsp3) is 0.294. The average Bonchev–Trinajstić information content (AvgIpc) is 2.53. The van der Waals surface area contributed by atoms with Crippen LogP contribution < -0.4 is 0 Å². The zero-order valence-corrected chi connectivity index (χ0v) is 13.5. The molecule has 0 spiro atoms. The first-order valence-electron chi connectivity index (χ1n) is 7.15. The molecule has 2 rings (SSSR count). The van der Waals surface area contributed by atoms with E-state index in [2.05, 4.69) is 0 Å². The fourth-order valence-electron chi connectivity index (χ4n) is 2.03. The van der Waals surface area contributed by atoms with Crippen molar-refractivity contribution in [3.05, 3.63) is 65.7 Å². The number of rotatable bonds is 7. The Balaban J connectivity index is 2.10. The molecule has 4 nitrogen and oxygen atoms in total. The Hall–Kier alpha value is -1.69. The highest BCUT2D eigenvalue weighted by molar-refractivity contribution is 7.86. The molecule has 0 aromatic heterocycles. The van der Waals surface area contributed by atoms with Crippen LogP contribution in [0.15, 0.2) is 59.5 Å². The minimum Gasteiger partial charge on any atom is -0.371 e. The molecule has 0 saturated carbocycles. The van der Waals surface area contributed by atoms with E-state index in [9.17, 15) is 8.42 Å². The molecular formula is C17H20O4S. The minimum absolute atomic E-state index is 0.0476. The van der Waals surface area contributed by atoms with Gasteiger partial charge in [0.2, 0.25) is 0 Å². The van der Waals surface area contributed by atoms with Gasteiger partial charge in [0.15, 0.2) is 0 Å². The van der Waals surface area contributed by atoms with E-state index in [0.29, 0.717) is 6.61 Å². The van der Waals surface area contributed by atoms with E-state index >= 15 is 0 Å². The first-order valence-corrected chi connectivity index (χ1v) is 8.56. The van der Waals surface area contributed by atoms with E-state index in [4.69, 9.17) is 8.92 Å². The van der Waals surface area contributed by atoms with Gasteiger partial charge in [-0.05, 0) is 31.5 Å². The third-order valence-corrected chi connectivity index (χ3v) is 4.52. The van der Waals surface area contributed by atoms with E-state index in [0.717, 1.165) is 11.1 Å². The summed E-state index contributed by atoms with van der Waals surface area (Å²) in [5, 5.41) is 0. The highest BCUT2D eigenvalue weighted by atomic mass is 32.2. The molecule has 0 aliphatic carbocycles. The first-order chi connectivity index (χ1) is 10.5. The van der Waals surface area contributed by atoms with Gasteiger partial charge in [0, 0.05) is 6.61 Å². The number of hydrogen-bond acceptors (Lipinski definition) is 4. The lowest BCUT2D eigenvalue weighted by atomic mass is 10.1. The van der Waals surface area contributed by atoms with Crippen LogP contribution in [-0.4, -0.2) is 21.6 Å². The molecule has 5 heteroatoms. The molecule has 1 atom stereocenters. The lowest BCUT2D eigenvalue weighted by Gasteiger charge is -2.17. The number of ether oxygens (including phenoxy) is 1. The number of aryl methyl sites for hydroxylation is 1. The molecule has 2 aromatic carbocycles. The van der Waals surface area contributed by atoms with Crippen molar-refractivity contribution in [2.45, 2.75) is 24.8 Å². The van der Waals surface area contributed by atoms with Crippen LogP contribution in [0.3, 0.4) is 0 Å². The average molecular weight is 320 g/mol. The molecule has 2 aromatic rings. The minimum atomic E-state index is -3.78. The standard InChI is InChI=1S/C17H20O4S/c1-3-20-17(15-7-5-4-6-8-15)13-21-22(18,19)16-11-9-14(2)10-12-16/h4-12,17H,3,13H2,1-2H3/t17-/m0/s1. The smallest absolute Gasteiger partial charge is 0.297 e. The molecular weight excluding hydrogens is 300 g/mol. The summed E-state index contributed by atoms with van der Waals surface area (Å²) in [5.41, 5.74) is 1.89. The lowest BCUT2D eigenvalue weighted by Crippen LogP contribution is -2.16. The van der Waals surface area contributed by atoms with Crippen molar-refractivity contribution in [1.82, 2.24) is 0 Å². The zero-order valence-electron chi connectivity index (χ0n) is 12.7. The van der Waals surface area contributed by atoms with Crippen molar-refractivity contribution < 1.29 is 17.3 Å². The molecule has 0 N–H and O–H groups in total. The molecule has 22 heavy (non-hydrogen) atoms. The second-order valence-electron chi connectivity index (χ2n) is 4.91. The Morgan fingerprint density at radius 2 is 1.64 bits per heavy atom. The predicted molar refractivity (Wildman–Crippen MR) is 85.1 cm³/mol. The van der Waals surface area contributed by atoms with Crippen LogP contribution in [0.4, 0.5) is 0 Å². The van der Waals surface area contributed by atoms with Crippen molar-refractivity contribution in [1.29, 1.82) is 0 Å². The Morgan fingerprint density at radius 1 is 1.00 bits per heavy atom. The van der Waals surface area contributed by atoms with Gasteiger partial charge in [-0.2, -0.15) is 8.42 Å². The Bertz CT molecular complexity index is 678. The van der Waals surface area contributed by atoms with Crippen LogP contribution in [0.1, 0.15) is 24.2 Å². The van der Waals surface area contributed by atoms with Crippen LogP contribution in [0, 0.1) is 6.92 Å². The van der Waals surface area contributed by atoms with Gasteiger partial charge in [-0.1, -0.05) is 48.0 Å². The van der Waals surface area contributed by atoms with Crippen molar-refractivity contribution in [2.75, 3.05) is 13.2 Å². The molecule has 0 radical (unpaired) electrons. The maximum atomic E-state index is 12.2. The molecule has 0 saturated heterocycles. The van der Waals surface area contributed by atoms with Gasteiger partial charge in [0.05, 0.1) is 11.5 Å². The van der Waals surface area contributed by atoms with Crippen LogP contribution >= 0.6 is 0 Å². The quantitative estimate of drug-likeness (QED) is 0.733. The van der Waals surface area contributed by atoms with Gasteiger partial charge in [-0.3, -0.25) is 4.18 Å². The van der Waals surface area contributed by atoms with Crippen LogP contribution in [0.5, 0.6) is 0 Å². The zero-order chi connectivity index (χ0) is 16.0. The van der Waals surface area contributed by atoms with Crippen molar-refractivity contribution >= 4 is 10.1 Å². The third-order valence-electron chi connectivity index (χ3n) is 3.22. The highest BCUT2D eigenvalue weighted by Crippen LogP contribution is 2.21. The van der Waals surface area contributed by atoms with Gasteiger partial charge in [0.1, 0.15) is 6.10 Å². The van der Waals surface area contributed by atoms with Crippen molar-refractivity contribution in [3.8, 4) is 0 Å². The Morgan fingerprint density at radius 3 is 2.23 bits per heavy atom. The van der Waals surface area contributed by atoms with Crippen molar-refractivity contribution in [2.24, 2.45) is 0 Å². The molecule has 0 unspecified atom stereocenters. The number of benzene rings is 2. The Labute approximate surface area is 131 Å². The SMILES string of the molecule is CCO[C@@H](COS(=O)(=O)c1ccc(C)cc1)c1ccccc1. The summed E-state index contributed by atoms with van der Waals surface area (Å²) in [6.07, 6.45) is -0.411. The molecule has 118 valence electrons. The second kappa shape index (κ2) is 7.54. The monoisotopic (exact) mass is 320 g/mol. The maximum absolute atomic E-state index is 12.2. The molecule has 0 heterocycles.